The predicted molar refractivity (Wildman–Crippen MR) is 196 cm³/mol. The van der Waals surface area contributed by atoms with E-state index in [1.807, 2.05) is 0 Å². The molecular formula is C35H40N8O13. The molecule has 0 bridgehead atoms. The van der Waals surface area contributed by atoms with Gasteiger partial charge < -0.3 is 37.2 Å². The van der Waals surface area contributed by atoms with Gasteiger partial charge in [-0.25, -0.2) is 0 Å². The van der Waals surface area contributed by atoms with Crippen molar-refractivity contribution in [3.8, 4) is 5.75 Å². The molecule has 21 nitrogen and oxygen atoms in total. The summed E-state index contributed by atoms with van der Waals surface area (Å²) >= 11 is 0. The van der Waals surface area contributed by atoms with Gasteiger partial charge in [0.2, 0.25) is 23.6 Å². The van der Waals surface area contributed by atoms with Crippen molar-refractivity contribution in [1.29, 1.82) is 0 Å². The van der Waals surface area contributed by atoms with Gasteiger partial charge in [0.25, 0.3) is 17.6 Å². The number of benzene rings is 3. The molecule has 0 fully saturated rings. The molecule has 0 spiro atoms. The van der Waals surface area contributed by atoms with Crippen molar-refractivity contribution in [2.45, 2.75) is 76.7 Å². The van der Waals surface area contributed by atoms with Crippen LogP contribution in [0.25, 0.3) is 10.8 Å². The van der Waals surface area contributed by atoms with Gasteiger partial charge in [0, 0.05) is 35.7 Å². The molecule has 298 valence electrons. The lowest BCUT2D eigenvalue weighted by Gasteiger charge is -2.27. The molecule has 6 amide bonds. The molecule has 0 aliphatic heterocycles. The Hall–Kier alpha value is -6.90. The number of rotatable bonds is 19. The average molecular weight is 781 g/mol. The van der Waals surface area contributed by atoms with E-state index in [4.69, 9.17) is 5.73 Å². The van der Waals surface area contributed by atoms with Gasteiger partial charge in [0.15, 0.2) is 0 Å². The van der Waals surface area contributed by atoms with Crippen molar-refractivity contribution < 1.29 is 48.8 Å². The minimum absolute atomic E-state index is 0.0404. The second-order valence-corrected chi connectivity index (χ2v) is 13.2. The van der Waals surface area contributed by atoms with Crippen molar-refractivity contribution in [3.63, 3.8) is 0 Å². The fourth-order valence-electron chi connectivity index (χ4n) is 5.57. The van der Waals surface area contributed by atoms with Crippen LogP contribution in [0.4, 0.5) is 11.4 Å². The fraction of sp³-hybridized carbons (Fsp3) is 0.371. The Balaban J connectivity index is 2.02. The van der Waals surface area contributed by atoms with Crippen LogP contribution in [-0.2, 0) is 30.4 Å². The van der Waals surface area contributed by atoms with Crippen LogP contribution < -0.4 is 27.0 Å². The van der Waals surface area contributed by atoms with Gasteiger partial charge in [-0.3, -0.25) is 49.0 Å². The normalized spacial score (nSPS) is 13.7. The van der Waals surface area contributed by atoms with E-state index in [9.17, 15) is 64.1 Å². The molecule has 56 heavy (non-hydrogen) atoms. The summed E-state index contributed by atoms with van der Waals surface area (Å²) in [5.74, 6) is -7.77. The molecule has 3 rings (SSSR count). The summed E-state index contributed by atoms with van der Waals surface area (Å²) in [5, 5.41) is 56.8. The molecule has 0 heterocycles. The van der Waals surface area contributed by atoms with Crippen molar-refractivity contribution >= 4 is 57.6 Å². The molecule has 0 saturated carbocycles. The van der Waals surface area contributed by atoms with Gasteiger partial charge in [-0.1, -0.05) is 44.2 Å². The maximum atomic E-state index is 14.0. The monoisotopic (exact) mass is 780 g/mol. The number of nitrogens with two attached hydrogens (primary N) is 1. The molecular weight excluding hydrogens is 740 g/mol. The number of aliphatic hydroxyl groups is 1. The number of primary amides is 1. The highest BCUT2D eigenvalue weighted by Gasteiger charge is 2.35. The van der Waals surface area contributed by atoms with E-state index in [1.54, 1.807) is 44.2 Å². The van der Waals surface area contributed by atoms with Crippen LogP contribution in [-0.4, -0.2) is 85.8 Å². The first-order valence-corrected chi connectivity index (χ1v) is 17.0. The van der Waals surface area contributed by atoms with Crippen LogP contribution in [0.5, 0.6) is 5.75 Å². The van der Waals surface area contributed by atoms with Crippen LogP contribution in [0.2, 0.25) is 0 Å². The Kier molecular flexibility index (Phi) is 15.1. The Labute approximate surface area is 317 Å². The van der Waals surface area contributed by atoms with Gasteiger partial charge in [0.1, 0.15) is 24.2 Å². The number of nitrogens with one attached hydrogen (secondary N) is 4. The molecule has 21 heteroatoms. The Morgan fingerprint density at radius 3 is 1.89 bits per heavy atom. The number of carbonyl (C=O) groups excluding carboxylic acids is 6. The third-order valence-corrected chi connectivity index (χ3v) is 8.41. The largest absolute Gasteiger partial charge is 0.497 e. The van der Waals surface area contributed by atoms with E-state index < -0.39 is 112 Å². The van der Waals surface area contributed by atoms with Crippen molar-refractivity contribution in [1.82, 2.24) is 21.3 Å². The molecule has 3 aromatic rings. The lowest BCUT2D eigenvalue weighted by atomic mass is 10.0. The first-order chi connectivity index (χ1) is 26.3. The maximum absolute atomic E-state index is 14.0. The topological polar surface area (TPSA) is 333 Å². The Bertz CT molecular complexity index is 2000. The smallest absolute Gasteiger partial charge is 0.318 e. The number of carbonyl (C=O) groups is 6. The summed E-state index contributed by atoms with van der Waals surface area (Å²) in [4.78, 5) is 110. The third-order valence-electron chi connectivity index (χ3n) is 8.41. The number of nitro benzene ring substituents is 2. The molecule has 0 saturated heterocycles. The molecule has 8 N–H and O–H groups in total. The number of phenolic OH excluding ortho intramolecular Hbond substituents is 1. The second kappa shape index (κ2) is 19.4. The lowest BCUT2D eigenvalue weighted by molar-refractivity contribution is -0.396. The highest BCUT2D eigenvalue weighted by atomic mass is 16.6. The number of hydrogen-bond donors (Lipinski definition) is 7. The predicted octanol–water partition coefficient (Wildman–Crippen LogP) is 1.14. The summed E-state index contributed by atoms with van der Waals surface area (Å²) in [6, 6.07) is 6.52. The number of nitroso groups, excluding NO2 is 1. The summed E-state index contributed by atoms with van der Waals surface area (Å²) in [6.45, 7) is 4.63. The molecule has 0 aliphatic carbocycles. The van der Waals surface area contributed by atoms with Gasteiger partial charge in [0.05, 0.1) is 16.0 Å². The molecule has 1 unspecified atom stereocenters. The number of nitro groups is 2. The van der Waals surface area contributed by atoms with Gasteiger partial charge in [-0.15, -0.1) is 4.91 Å². The lowest BCUT2D eigenvalue weighted by Crippen LogP contribution is -2.60. The highest BCUT2D eigenvalue weighted by Crippen LogP contribution is 2.37. The van der Waals surface area contributed by atoms with Crippen molar-refractivity contribution in [2.75, 3.05) is 0 Å². The molecule has 0 aliphatic rings. The summed E-state index contributed by atoms with van der Waals surface area (Å²) in [5.41, 5.74) is 3.00. The van der Waals surface area contributed by atoms with Crippen LogP contribution in [0.1, 0.15) is 56.0 Å². The van der Waals surface area contributed by atoms with E-state index >= 15 is 0 Å². The summed E-state index contributed by atoms with van der Waals surface area (Å²) in [6.07, 6.45) is -3.51. The van der Waals surface area contributed by atoms with Crippen LogP contribution in [0, 0.1) is 31.1 Å². The van der Waals surface area contributed by atoms with Crippen molar-refractivity contribution in [3.05, 3.63) is 90.9 Å². The summed E-state index contributed by atoms with van der Waals surface area (Å²) < 4.78 is 0. The minimum atomic E-state index is -1.78. The maximum Gasteiger partial charge on any atom is 0.318 e. The quantitative estimate of drug-likeness (QED) is 0.0510. The van der Waals surface area contributed by atoms with Gasteiger partial charge in [-0.05, 0) is 54.2 Å². The SMILES string of the molecule is CC(C)C[C@H](NC(=O)[C@@H](NC(=O)[C@H](CCC(=O)N=O)NC(=O)[C@H](Cc1cc([N+](=O)[O-])c(O)c([N+](=O)[O-])c1)NC(=O)c1ccc2ccccc2c1)C(C)O)C(N)=O. The molecule has 0 radical (unpaired) electrons. The number of nitrogens with zero attached hydrogens (tertiary/aromatic N) is 3. The average Bonchev–Trinajstić information content (AvgIpc) is 3.14. The van der Waals surface area contributed by atoms with Crippen molar-refractivity contribution in [2.24, 2.45) is 16.8 Å². The van der Waals surface area contributed by atoms with Crippen LogP contribution in [0.15, 0.2) is 59.8 Å². The van der Waals surface area contributed by atoms with E-state index in [2.05, 4.69) is 26.4 Å². The molecule has 5 atom stereocenters. The molecule has 3 aromatic carbocycles. The number of amides is 6. The fourth-order valence-corrected chi connectivity index (χ4v) is 5.57. The van der Waals surface area contributed by atoms with Gasteiger partial charge >= 0.3 is 11.4 Å². The number of fused-ring (bicyclic) bond motifs is 1. The van der Waals surface area contributed by atoms with E-state index in [0.29, 0.717) is 5.39 Å². The number of aromatic hydroxyl groups is 1. The Morgan fingerprint density at radius 1 is 0.786 bits per heavy atom. The van der Waals surface area contributed by atoms with E-state index in [0.717, 1.165) is 24.4 Å². The molecule has 0 aromatic heterocycles. The first kappa shape index (κ1) is 43.5. The Morgan fingerprint density at radius 2 is 1.36 bits per heavy atom. The van der Waals surface area contributed by atoms with Gasteiger partial charge in [-0.2, -0.15) is 0 Å². The van der Waals surface area contributed by atoms with Crippen LogP contribution >= 0.6 is 0 Å². The zero-order chi connectivity index (χ0) is 41.9. The zero-order valence-corrected chi connectivity index (χ0v) is 30.3. The first-order valence-electron chi connectivity index (χ1n) is 17.0. The second-order valence-electron chi connectivity index (χ2n) is 13.2. The van der Waals surface area contributed by atoms with Crippen LogP contribution in [0.3, 0.4) is 0 Å². The number of phenols is 1. The zero-order valence-electron chi connectivity index (χ0n) is 30.3. The van der Waals surface area contributed by atoms with E-state index in [1.165, 1.54) is 12.1 Å². The number of aliphatic hydroxyl groups excluding tert-OH is 1. The van der Waals surface area contributed by atoms with E-state index in [-0.39, 0.29) is 23.5 Å². The highest BCUT2D eigenvalue weighted by molar-refractivity contribution is 6.01. The summed E-state index contributed by atoms with van der Waals surface area (Å²) in [7, 11) is 0. The third kappa shape index (κ3) is 11.8. The minimum Gasteiger partial charge on any atom is -0.497 e. The standard InChI is InChI=1S/C35H40N8O13/c1-17(2)12-24(31(36)47)38-35(51)29(18(3)44)40-33(49)23(10-11-28(45)41-52)37-34(50)25(13-19-14-26(42(53)54)30(46)27(15-19)43(55)56)39-32(48)22-9-8-20-6-4-5-7-21(20)16-22/h4-9,14-18,23-25,29,44,46H,10-13H2,1-3H3,(H2,36,47)(H,37,50)(H,38,51)(H,39,48)(H,40,49)/t18?,23-,24-,25-,29-/m0/s1. The number of hydrogen-bond acceptors (Lipinski definition) is 13.